The highest BCUT2D eigenvalue weighted by atomic mass is 16.5. The molecule has 0 bridgehead atoms. The second-order valence-corrected chi connectivity index (χ2v) is 4.41. The molecule has 1 N–H and O–H groups in total. The van der Waals surface area contributed by atoms with E-state index in [1.54, 1.807) is 0 Å². The average molecular weight is 173 g/mol. The molecule has 0 radical (unpaired) electrons. The SMILES string of the molecule is CNCC(C)CCOC(C)(C)C. The van der Waals surface area contributed by atoms with E-state index in [1.165, 1.54) is 0 Å². The molecule has 1 unspecified atom stereocenters. The van der Waals surface area contributed by atoms with E-state index in [0.717, 1.165) is 19.6 Å². The lowest BCUT2D eigenvalue weighted by Gasteiger charge is -2.20. The lowest BCUT2D eigenvalue weighted by atomic mass is 10.1. The molecule has 0 aromatic heterocycles. The van der Waals surface area contributed by atoms with Gasteiger partial charge in [-0.1, -0.05) is 6.92 Å². The fraction of sp³-hybridized carbons (Fsp3) is 1.00. The molecule has 2 nitrogen and oxygen atoms in total. The first-order chi connectivity index (χ1) is 5.45. The molecule has 0 heterocycles. The van der Waals surface area contributed by atoms with E-state index in [-0.39, 0.29) is 5.60 Å². The molecule has 0 fully saturated rings. The first-order valence-electron chi connectivity index (χ1n) is 4.74. The molecular weight excluding hydrogens is 150 g/mol. The summed E-state index contributed by atoms with van der Waals surface area (Å²) in [5.41, 5.74) is 0.0133. The Bertz CT molecular complexity index is 107. The van der Waals surface area contributed by atoms with Crippen molar-refractivity contribution in [2.75, 3.05) is 20.2 Å². The number of nitrogens with one attached hydrogen (secondary N) is 1. The van der Waals surface area contributed by atoms with Crippen LogP contribution in [0.1, 0.15) is 34.1 Å². The van der Waals surface area contributed by atoms with E-state index < -0.39 is 0 Å². The van der Waals surface area contributed by atoms with Crippen molar-refractivity contribution in [1.29, 1.82) is 0 Å². The van der Waals surface area contributed by atoms with Crippen LogP contribution in [0.2, 0.25) is 0 Å². The molecule has 0 aliphatic rings. The van der Waals surface area contributed by atoms with E-state index in [0.29, 0.717) is 5.92 Å². The van der Waals surface area contributed by atoms with Crippen LogP contribution >= 0.6 is 0 Å². The van der Waals surface area contributed by atoms with Gasteiger partial charge >= 0.3 is 0 Å². The minimum Gasteiger partial charge on any atom is -0.376 e. The highest BCUT2D eigenvalue weighted by Crippen LogP contribution is 2.09. The summed E-state index contributed by atoms with van der Waals surface area (Å²) in [6.45, 7) is 10.5. The first-order valence-corrected chi connectivity index (χ1v) is 4.74. The monoisotopic (exact) mass is 173 g/mol. The van der Waals surface area contributed by atoms with Gasteiger partial charge in [0.15, 0.2) is 0 Å². The van der Waals surface area contributed by atoms with Crippen molar-refractivity contribution in [1.82, 2.24) is 5.32 Å². The number of hydrogen-bond donors (Lipinski definition) is 1. The second-order valence-electron chi connectivity index (χ2n) is 4.41. The van der Waals surface area contributed by atoms with Gasteiger partial charge in [-0.3, -0.25) is 0 Å². The van der Waals surface area contributed by atoms with Crippen LogP contribution in [0.5, 0.6) is 0 Å². The quantitative estimate of drug-likeness (QED) is 0.687. The number of hydrogen-bond acceptors (Lipinski definition) is 2. The minimum absolute atomic E-state index is 0.0133. The van der Waals surface area contributed by atoms with Crippen molar-refractivity contribution >= 4 is 0 Å². The second kappa shape index (κ2) is 5.55. The highest BCUT2D eigenvalue weighted by molar-refractivity contribution is 4.60. The van der Waals surface area contributed by atoms with Gasteiger partial charge in [0.25, 0.3) is 0 Å². The standard InChI is InChI=1S/C10H23NO/c1-9(8-11-5)6-7-12-10(2,3)4/h9,11H,6-8H2,1-5H3. The third kappa shape index (κ3) is 8.02. The molecule has 0 aromatic rings. The molecule has 2 heteroatoms. The zero-order valence-electron chi connectivity index (χ0n) is 9.11. The van der Waals surface area contributed by atoms with E-state index >= 15 is 0 Å². The fourth-order valence-electron chi connectivity index (χ4n) is 1.02. The molecule has 74 valence electrons. The Morgan fingerprint density at radius 1 is 1.33 bits per heavy atom. The van der Waals surface area contributed by atoms with Crippen LogP contribution < -0.4 is 5.32 Å². The predicted octanol–water partition coefficient (Wildman–Crippen LogP) is 2.05. The Labute approximate surface area is 76.7 Å². The van der Waals surface area contributed by atoms with Crippen LogP contribution in [-0.4, -0.2) is 25.8 Å². The fourth-order valence-corrected chi connectivity index (χ4v) is 1.02. The molecule has 0 saturated carbocycles. The van der Waals surface area contributed by atoms with Crippen molar-refractivity contribution in [3.8, 4) is 0 Å². The van der Waals surface area contributed by atoms with Crippen molar-refractivity contribution in [2.24, 2.45) is 5.92 Å². The zero-order chi connectivity index (χ0) is 9.61. The Kier molecular flexibility index (Phi) is 5.51. The lowest BCUT2D eigenvalue weighted by molar-refractivity contribution is -0.00836. The molecule has 0 aliphatic heterocycles. The van der Waals surface area contributed by atoms with Crippen LogP contribution in [0.3, 0.4) is 0 Å². The summed E-state index contributed by atoms with van der Waals surface area (Å²) in [6, 6.07) is 0. The third-order valence-corrected chi connectivity index (χ3v) is 1.70. The molecule has 0 aliphatic carbocycles. The number of ether oxygens (including phenoxy) is 1. The summed E-state index contributed by atoms with van der Waals surface area (Å²) in [7, 11) is 1.99. The van der Waals surface area contributed by atoms with E-state index in [9.17, 15) is 0 Å². The molecule has 0 amide bonds. The van der Waals surface area contributed by atoms with Gasteiger partial charge < -0.3 is 10.1 Å². The first kappa shape index (κ1) is 11.9. The van der Waals surface area contributed by atoms with Crippen LogP contribution in [0, 0.1) is 5.92 Å². The van der Waals surface area contributed by atoms with Gasteiger partial charge in [0.2, 0.25) is 0 Å². The van der Waals surface area contributed by atoms with Crippen LogP contribution in [-0.2, 0) is 4.74 Å². The molecule has 0 aromatic carbocycles. The van der Waals surface area contributed by atoms with E-state index in [2.05, 4.69) is 33.0 Å². The van der Waals surface area contributed by atoms with Gasteiger partial charge in [0.05, 0.1) is 5.60 Å². The summed E-state index contributed by atoms with van der Waals surface area (Å²) in [5.74, 6) is 0.706. The summed E-state index contributed by atoms with van der Waals surface area (Å²) in [6.07, 6.45) is 1.14. The third-order valence-electron chi connectivity index (χ3n) is 1.70. The minimum atomic E-state index is 0.0133. The normalized spacial score (nSPS) is 14.8. The van der Waals surface area contributed by atoms with Gasteiger partial charge in [-0.25, -0.2) is 0 Å². The van der Waals surface area contributed by atoms with Gasteiger partial charge in [0, 0.05) is 6.61 Å². The molecule has 0 saturated heterocycles. The Morgan fingerprint density at radius 2 is 1.92 bits per heavy atom. The van der Waals surface area contributed by atoms with Crippen LogP contribution in [0.15, 0.2) is 0 Å². The molecule has 1 atom stereocenters. The van der Waals surface area contributed by atoms with E-state index in [1.807, 2.05) is 7.05 Å². The van der Waals surface area contributed by atoms with Gasteiger partial charge in [-0.15, -0.1) is 0 Å². The largest absolute Gasteiger partial charge is 0.376 e. The topological polar surface area (TPSA) is 21.3 Å². The van der Waals surface area contributed by atoms with Crippen molar-refractivity contribution < 1.29 is 4.74 Å². The Balaban J connectivity index is 3.31. The molecule has 0 rings (SSSR count). The summed E-state index contributed by atoms with van der Waals surface area (Å²) in [5, 5.41) is 3.16. The zero-order valence-corrected chi connectivity index (χ0v) is 9.11. The summed E-state index contributed by atoms with van der Waals surface area (Å²) < 4.78 is 5.62. The van der Waals surface area contributed by atoms with Gasteiger partial charge in [-0.05, 0) is 46.7 Å². The molecular formula is C10H23NO. The summed E-state index contributed by atoms with van der Waals surface area (Å²) >= 11 is 0. The maximum absolute atomic E-state index is 5.62. The van der Waals surface area contributed by atoms with Crippen LogP contribution in [0.25, 0.3) is 0 Å². The van der Waals surface area contributed by atoms with Gasteiger partial charge in [0.1, 0.15) is 0 Å². The number of rotatable bonds is 5. The predicted molar refractivity (Wildman–Crippen MR) is 53.4 cm³/mol. The lowest BCUT2D eigenvalue weighted by Crippen LogP contribution is -2.23. The van der Waals surface area contributed by atoms with Crippen molar-refractivity contribution in [3.05, 3.63) is 0 Å². The Morgan fingerprint density at radius 3 is 2.33 bits per heavy atom. The van der Waals surface area contributed by atoms with Gasteiger partial charge in [-0.2, -0.15) is 0 Å². The Hall–Kier alpha value is -0.0800. The summed E-state index contributed by atoms with van der Waals surface area (Å²) in [4.78, 5) is 0. The maximum Gasteiger partial charge on any atom is 0.0598 e. The highest BCUT2D eigenvalue weighted by Gasteiger charge is 2.10. The van der Waals surface area contributed by atoms with E-state index in [4.69, 9.17) is 4.74 Å². The van der Waals surface area contributed by atoms with Crippen molar-refractivity contribution in [2.45, 2.75) is 39.7 Å². The average Bonchev–Trinajstić information content (AvgIpc) is 1.84. The van der Waals surface area contributed by atoms with Crippen LogP contribution in [0.4, 0.5) is 0 Å². The maximum atomic E-state index is 5.62. The molecule has 0 spiro atoms. The smallest absolute Gasteiger partial charge is 0.0598 e. The molecule has 12 heavy (non-hydrogen) atoms. The van der Waals surface area contributed by atoms with Crippen molar-refractivity contribution in [3.63, 3.8) is 0 Å².